The number of likely N-dealkylation sites (tertiary alicyclic amines) is 1. The van der Waals surface area contributed by atoms with Gasteiger partial charge in [0.25, 0.3) is 5.91 Å². The number of fused-ring (bicyclic) bond motifs is 1. The van der Waals surface area contributed by atoms with Gasteiger partial charge in [0.05, 0.1) is 42.9 Å². The van der Waals surface area contributed by atoms with Crippen molar-refractivity contribution in [1.82, 2.24) is 4.90 Å². The van der Waals surface area contributed by atoms with Gasteiger partial charge in [-0.1, -0.05) is 13.0 Å². The second kappa shape index (κ2) is 10.2. The Kier molecular flexibility index (Phi) is 7.47. The van der Waals surface area contributed by atoms with Crippen LogP contribution in [-0.2, 0) is 19.1 Å². The first-order valence-corrected chi connectivity index (χ1v) is 13.1. The van der Waals surface area contributed by atoms with Crippen LogP contribution in [-0.4, -0.2) is 76.7 Å². The summed E-state index contributed by atoms with van der Waals surface area (Å²) >= 11 is 1.59. The van der Waals surface area contributed by atoms with Gasteiger partial charge < -0.3 is 24.4 Å². The first kappa shape index (κ1) is 25.6. The Morgan fingerprint density at radius 1 is 1.34 bits per heavy atom. The van der Waals surface area contributed by atoms with Crippen molar-refractivity contribution in [3.8, 4) is 5.75 Å². The van der Waals surface area contributed by atoms with Crippen molar-refractivity contribution in [2.45, 2.75) is 55.2 Å². The summed E-state index contributed by atoms with van der Waals surface area (Å²) in [6.45, 7) is 7.72. The van der Waals surface area contributed by atoms with Gasteiger partial charge in [0.15, 0.2) is 0 Å². The number of aliphatic hydroxyl groups is 1. The summed E-state index contributed by atoms with van der Waals surface area (Å²) in [7, 11) is 1.58. The molecule has 6 atom stereocenters. The number of ether oxygens (including phenoxy) is 2. The molecule has 0 aromatic heterocycles. The zero-order valence-corrected chi connectivity index (χ0v) is 21.3. The van der Waals surface area contributed by atoms with Crippen LogP contribution in [0, 0.1) is 11.8 Å². The standard InChI is InChI=1S/C26H34N2O6S/c1-5-14-27(17-8-10-18(33-4)11-9-17)24(31)22-26-13-12-19(35-26)20(25(32)34-7-3)21(26)23(30)28(22)16(6-2)15-29/h5,8-11,16,19-22,29H,1,6-7,12-15H2,2-4H3/t16-,19+,20-,21-,22?,26?/m0/s1. The number of amides is 2. The molecule has 8 nitrogen and oxygen atoms in total. The van der Waals surface area contributed by atoms with Crippen molar-refractivity contribution < 1.29 is 29.0 Å². The van der Waals surface area contributed by atoms with Crippen LogP contribution in [0.25, 0.3) is 0 Å². The first-order valence-electron chi connectivity index (χ1n) is 12.2. The normalized spacial score (nSPS) is 29.6. The Hall–Kier alpha value is -2.52. The lowest BCUT2D eigenvalue weighted by molar-refractivity contribution is -0.154. The third kappa shape index (κ3) is 4.02. The number of anilines is 1. The largest absolute Gasteiger partial charge is 0.497 e. The molecule has 2 amide bonds. The van der Waals surface area contributed by atoms with Gasteiger partial charge in [0, 0.05) is 17.5 Å². The minimum absolute atomic E-state index is 0.0523. The Balaban J connectivity index is 1.79. The first-order chi connectivity index (χ1) is 16.9. The number of aliphatic hydroxyl groups excluding tert-OH is 1. The van der Waals surface area contributed by atoms with Crippen LogP contribution in [0.2, 0.25) is 0 Å². The molecule has 1 aromatic rings. The van der Waals surface area contributed by atoms with Gasteiger partial charge in [-0.15, -0.1) is 18.3 Å². The lowest BCUT2D eigenvalue weighted by atomic mass is 9.71. The predicted octanol–water partition coefficient (Wildman–Crippen LogP) is 2.64. The number of rotatable bonds is 10. The predicted molar refractivity (Wildman–Crippen MR) is 134 cm³/mol. The van der Waals surface area contributed by atoms with Crippen molar-refractivity contribution in [3.63, 3.8) is 0 Å². The summed E-state index contributed by atoms with van der Waals surface area (Å²) in [6, 6.07) is 5.87. The topological polar surface area (TPSA) is 96.4 Å². The Labute approximate surface area is 210 Å². The van der Waals surface area contributed by atoms with Crippen molar-refractivity contribution in [1.29, 1.82) is 0 Å². The number of hydrogen-bond donors (Lipinski definition) is 1. The fourth-order valence-electron chi connectivity index (χ4n) is 6.05. The quantitative estimate of drug-likeness (QED) is 0.388. The molecule has 4 rings (SSSR count). The molecule has 3 aliphatic heterocycles. The van der Waals surface area contributed by atoms with E-state index in [2.05, 4.69) is 6.58 Å². The molecule has 0 radical (unpaired) electrons. The molecule has 35 heavy (non-hydrogen) atoms. The highest BCUT2D eigenvalue weighted by Gasteiger charge is 2.74. The van der Waals surface area contributed by atoms with E-state index < -0.39 is 28.7 Å². The van der Waals surface area contributed by atoms with Gasteiger partial charge in [0.2, 0.25) is 5.91 Å². The van der Waals surface area contributed by atoms with E-state index in [9.17, 15) is 19.5 Å². The molecule has 2 bridgehead atoms. The number of hydrogen-bond acceptors (Lipinski definition) is 7. The molecule has 1 spiro atoms. The molecular formula is C26H34N2O6S. The highest BCUT2D eigenvalue weighted by Crippen LogP contribution is 2.67. The van der Waals surface area contributed by atoms with E-state index in [1.165, 1.54) is 0 Å². The number of benzene rings is 1. The number of methoxy groups -OCH3 is 1. The lowest BCUT2D eigenvalue weighted by Crippen LogP contribution is -2.57. The zero-order valence-electron chi connectivity index (χ0n) is 20.5. The summed E-state index contributed by atoms with van der Waals surface area (Å²) in [4.78, 5) is 44.5. The molecular weight excluding hydrogens is 468 g/mol. The molecule has 2 unspecified atom stereocenters. The van der Waals surface area contributed by atoms with E-state index in [0.717, 1.165) is 6.42 Å². The summed E-state index contributed by atoms with van der Waals surface area (Å²) in [5.41, 5.74) is 0.666. The Bertz CT molecular complexity index is 981. The monoisotopic (exact) mass is 502 g/mol. The number of nitrogens with zero attached hydrogens (tertiary/aromatic N) is 2. The van der Waals surface area contributed by atoms with Crippen molar-refractivity contribution in [2.24, 2.45) is 11.8 Å². The number of carbonyl (C=O) groups is 3. The van der Waals surface area contributed by atoms with E-state index in [1.54, 1.807) is 65.9 Å². The molecule has 0 aliphatic carbocycles. The summed E-state index contributed by atoms with van der Waals surface area (Å²) in [6.07, 6.45) is 3.56. The molecule has 3 heterocycles. The van der Waals surface area contributed by atoms with Crippen LogP contribution in [0.1, 0.15) is 33.1 Å². The maximum atomic E-state index is 14.4. The van der Waals surface area contributed by atoms with E-state index in [4.69, 9.17) is 9.47 Å². The number of thioether (sulfide) groups is 1. The lowest BCUT2D eigenvalue weighted by Gasteiger charge is -2.39. The molecule has 3 saturated heterocycles. The summed E-state index contributed by atoms with van der Waals surface area (Å²) in [5, 5.41) is 10.1. The van der Waals surface area contributed by atoms with Gasteiger partial charge in [-0.2, -0.15) is 0 Å². The van der Waals surface area contributed by atoms with Gasteiger partial charge in [-0.05, 0) is 50.5 Å². The van der Waals surface area contributed by atoms with E-state index in [1.807, 2.05) is 6.92 Å². The third-order valence-corrected chi connectivity index (χ3v) is 9.52. The molecule has 1 aromatic carbocycles. The Morgan fingerprint density at radius 3 is 2.63 bits per heavy atom. The minimum Gasteiger partial charge on any atom is -0.497 e. The smallest absolute Gasteiger partial charge is 0.310 e. The summed E-state index contributed by atoms with van der Waals surface area (Å²) < 4.78 is 9.89. The summed E-state index contributed by atoms with van der Waals surface area (Å²) in [5.74, 6) is -1.37. The van der Waals surface area contributed by atoms with E-state index in [0.29, 0.717) is 24.3 Å². The molecule has 3 aliphatic rings. The second-order valence-electron chi connectivity index (χ2n) is 9.23. The molecule has 190 valence electrons. The fourth-order valence-corrected chi connectivity index (χ4v) is 8.23. The molecule has 1 N–H and O–H groups in total. The van der Waals surface area contributed by atoms with E-state index >= 15 is 0 Å². The average Bonchev–Trinajstić information content (AvgIpc) is 3.51. The highest BCUT2D eigenvalue weighted by molar-refractivity contribution is 8.02. The zero-order chi connectivity index (χ0) is 25.3. The third-order valence-electron chi connectivity index (χ3n) is 7.57. The SMILES string of the molecule is C=CCN(C(=O)C1N([C@@H](CC)CO)C(=O)[C@@H]2[C@@H](C(=O)OCC)[C@H]3CCC12S3)c1ccc(OC)cc1. The van der Waals surface area contributed by atoms with Crippen molar-refractivity contribution in [2.75, 3.05) is 31.8 Å². The fraction of sp³-hybridized carbons (Fsp3) is 0.577. The maximum absolute atomic E-state index is 14.4. The Morgan fingerprint density at radius 2 is 2.06 bits per heavy atom. The van der Waals surface area contributed by atoms with Gasteiger partial charge >= 0.3 is 5.97 Å². The number of esters is 1. The average molecular weight is 503 g/mol. The molecule has 3 fully saturated rings. The van der Waals surface area contributed by atoms with Gasteiger partial charge in [-0.25, -0.2) is 0 Å². The number of carbonyl (C=O) groups excluding carboxylic acids is 3. The van der Waals surface area contributed by atoms with Crippen LogP contribution >= 0.6 is 11.8 Å². The highest BCUT2D eigenvalue weighted by atomic mass is 32.2. The van der Waals surface area contributed by atoms with Crippen LogP contribution in [0.5, 0.6) is 5.75 Å². The van der Waals surface area contributed by atoms with Crippen molar-refractivity contribution in [3.05, 3.63) is 36.9 Å². The molecule has 0 saturated carbocycles. The second-order valence-corrected chi connectivity index (χ2v) is 10.8. The van der Waals surface area contributed by atoms with E-state index in [-0.39, 0.29) is 42.8 Å². The van der Waals surface area contributed by atoms with Crippen LogP contribution < -0.4 is 9.64 Å². The van der Waals surface area contributed by atoms with Crippen molar-refractivity contribution >= 4 is 35.2 Å². The van der Waals surface area contributed by atoms with Crippen LogP contribution in [0.4, 0.5) is 5.69 Å². The minimum atomic E-state index is -0.798. The van der Waals surface area contributed by atoms with Crippen LogP contribution in [0.15, 0.2) is 36.9 Å². The van der Waals surface area contributed by atoms with Crippen LogP contribution in [0.3, 0.4) is 0 Å². The van der Waals surface area contributed by atoms with Gasteiger partial charge in [0.1, 0.15) is 11.8 Å². The molecule has 9 heteroatoms. The maximum Gasteiger partial charge on any atom is 0.310 e. The van der Waals surface area contributed by atoms with Gasteiger partial charge in [-0.3, -0.25) is 14.4 Å².